The Morgan fingerprint density at radius 3 is 2.67 bits per heavy atom. The normalized spacial score (nSPS) is 16.4. The number of amides is 2. The van der Waals surface area contributed by atoms with Gasteiger partial charge in [0.2, 0.25) is 11.7 Å². The molecule has 9 heteroatoms. The first kappa shape index (κ1) is 16.3. The van der Waals surface area contributed by atoms with Crippen LogP contribution in [0.25, 0.3) is 5.78 Å². The van der Waals surface area contributed by atoms with E-state index in [-0.39, 0.29) is 30.2 Å². The molecule has 0 bridgehead atoms. The molecule has 9 nitrogen and oxygen atoms in total. The topological polar surface area (TPSA) is 119 Å². The molecule has 0 radical (unpaired) electrons. The number of hydrogen-bond acceptors (Lipinski definition) is 6. The fraction of sp³-hybridized carbons (Fsp3) is 0.533. The first-order valence-corrected chi connectivity index (χ1v) is 7.95. The number of primary amides is 1. The molecule has 1 saturated heterocycles. The molecule has 0 aliphatic carbocycles. The lowest BCUT2D eigenvalue weighted by Crippen LogP contribution is -2.46. The molecule has 0 aromatic carbocycles. The third-order valence-corrected chi connectivity index (χ3v) is 4.12. The van der Waals surface area contributed by atoms with E-state index in [1.807, 2.05) is 24.8 Å². The fourth-order valence-electron chi connectivity index (χ4n) is 2.97. The third-order valence-electron chi connectivity index (χ3n) is 4.12. The maximum Gasteiger partial charge on any atom is 0.291 e. The summed E-state index contributed by atoms with van der Waals surface area (Å²) in [6.07, 6.45) is 1.53. The molecule has 2 aromatic rings. The van der Waals surface area contributed by atoms with Crippen LogP contribution in [0.5, 0.6) is 0 Å². The van der Waals surface area contributed by atoms with E-state index < -0.39 is 0 Å². The van der Waals surface area contributed by atoms with Crippen LogP contribution in [0, 0.1) is 13.8 Å². The number of carbonyl (C=O) groups is 2. The van der Waals surface area contributed by atoms with Gasteiger partial charge in [0.15, 0.2) is 0 Å². The van der Waals surface area contributed by atoms with Crippen LogP contribution in [0.3, 0.4) is 0 Å². The quantitative estimate of drug-likeness (QED) is 0.774. The molecule has 1 aliphatic heterocycles. The lowest BCUT2D eigenvalue weighted by Gasteiger charge is -2.31. The molecule has 128 valence electrons. The van der Waals surface area contributed by atoms with E-state index in [2.05, 4.69) is 20.4 Å². The van der Waals surface area contributed by atoms with Gasteiger partial charge in [-0.3, -0.25) is 14.5 Å². The standard InChI is InChI=1S/C15H21N7O2/c1-9-7-10(2)22-15(17-9)19-13(20-22)14(24)18-11-3-5-21(6-4-11)8-12(16)23/h7,11H,3-6,8H2,1-2H3,(H2,16,23)(H,18,24). The van der Waals surface area contributed by atoms with Gasteiger partial charge in [-0.15, -0.1) is 5.10 Å². The van der Waals surface area contributed by atoms with Crippen LogP contribution in [0.2, 0.25) is 0 Å². The minimum atomic E-state index is -0.329. The van der Waals surface area contributed by atoms with Crippen LogP contribution < -0.4 is 11.1 Å². The Balaban J connectivity index is 1.64. The highest BCUT2D eigenvalue weighted by Crippen LogP contribution is 2.11. The molecule has 0 spiro atoms. The van der Waals surface area contributed by atoms with Gasteiger partial charge in [-0.25, -0.2) is 9.50 Å². The summed E-state index contributed by atoms with van der Waals surface area (Å²) in [4.78, 5) is 33.8. The van der Waals surface area contributed by atoms with Gasteiger partial charge in [0.05, 0.1) is 6.54 Å². The van der Waals surface area contributed by atoms with E-state index in [0.29, 0.717) is 5.78 Å². The number of aryl methyl sites for hydroxylation is 2. The number of hydrogen-bond donors (Lipinski definition) is 2. The second-order valence-corrected chi connectivity index (χ2v) is 6.18. The smallest absolute Gasteiger partial charge is 0.291 e. The minimum absolute atomic E-state index is 0.0454. The SMILES string of the molecule is Cc1cc(C)n2nc(C(=O)NC3CCN(CC(N)=O)CC3)nc2n1. The highest BCUT2D eigenvalue weighted by molar-refractivity contribution is 5.91. The van der Waals surface area contributed by atoms with Crippen LogP contribution in [0.4, 0.5) is 0 Å². The summed E-state index contributed by atoms with van der Waals surface area (Å²) in [5, 5.41) is 7.19. The molecule has 3 N–H and O–H groups in total. The predicted molar refractivity (Wildman–Crippen MR) is 86.4 cm³/mol. The Bertz CT molecular complexity index is 777. The molecule has 2 aromatic heterocycles. The molecule has 3 heterocycles. The summed E-state index contributed by atoms with van der Waals surface area (Å²) in [6.45, 7) is 5.49. The monoisotopic (exact) mass is 331 g/mol. The Labute approximate surface area is 139 Å². The maximum atomic E-state index is 12.4. The highest BCUT2D eigenvalue weighted by atomic mass is 16.2. The predicted octanol–water partition coefficient (Wildman–Crippen LogP) is -0.579. The Kier molecular flexibility index (Phi) is 4.43. The zero-order chi connectivity index (χ0) is 17.3. The Morgan fingerprint density at radius 1 is 1.29 bits per heavy atom. The molecule has 2 amide bonds. The highest BCUT2D eigenvalue weighted by Gasteiger charge is 2.23. The second-order valence-electron chi connectivity index (χ2n) is 6.18. The molecule has 24 heavy (non-hydrogen) atoms. The van der Waals surface area contributed by atoms with E-state index in [9.17, 15) is 9.59 Å². The number of likely N-dealkylation sites (tertiary alicyclic amines) is 1. The first-order valence-electron chi connectivity index (χ1n) is 7.95. The van der Waals surface area contributed by atoms with Crippen molar-refractivity contribution in [2.75, 3.05) is 19.6 Å². The van der Waals surface area contributed by atoms with E-state index in [0.717, 1.165) is 37.3 Å². The number of fused-ring (bicyclic) bond motifs is 1. The summed E-state index contributed by atoms with van der Waals surface area (Å²) in [5.74, 6) is -0.0832. The van der Waals surface area contributed by atoms with Crippen molar-refractivity contribution in [3.8, 4) is 0 Å². The van der Waals surface area contributed by atoms with Crippen molar-refractivity contribution in [2.45, 2.75) is 32.7 Å². The van der Waals surface area contributed by atoms with Crippen LogP contribution in [-0.4, -0.2) is 62.0 Å². The maximum absolute atomic E-state index is 12.4. The van der Waals surface area contributed by atoms with Crippen molar-refractivity contribution in [3.63, 3.8) is 0 Å². The molecule has 0 atom stereocenters. The third kappa shape index (κ3) is 3.51. The van der Waals surface area contributed by atoms with Gasteiger partial charge in [-0.2, -0.15) is 4.98 Å². The number of rotatable bonds is 4. The molecule has 0 unspecified atom stereocenters. The van der Waals surface area contributed by atoms with Crippen LogP contribution in [-0.2, 0) is 4.79 Å². The van der Waals surface area contributed by atoms with Crippen LogP contribution >= 0.6 is 0 Å². The molecule has 3 rings (SSSR count). The second kappa shape index (κ2) is 6.52. The van der Waals surface area contributed by atoms with Crippen molar-refractivity contribution in [3.05, 3.63) is 23.3 Å². The average Bonchev–Trinajstić information content (AvgIpc) is 2.93. The van der Waals surface area contributed by atoms with Gasteiger partial charge in [-0.1, -0.05) is 0 Å². The summed E-state index contributed by atoms with van der Waals surface area (Å²) in [7, 11) is 0. The molecule has 1 aliphatic rings. The van der Waals surface area contributed by atoms with Crippen LogP contribution in [0.15, 0.2) is 6.07 Å². The lowest BCUT2D eigenvalue weighted by molar-refractivity contribution is -0.119. The number of nitrogens with two attached hydrogens (primary N) is 1. The zero-order valence-electron chi connectivity index (χ0n) is 13.8. The Hall–Kier alpha value is -2.55. The number of nitrogens with zero attached hydrogens (tertiary/aromatic N) is 5. The number of aromatic nitrogens is 4. The van der Waals surface area contributed by atoms with Gasteiger partial charge in [0.25, 0.3) is 11.7 Å². The van der Waals surface area contributed by atoms with Gasteiger partial charge in [0, 0.05) is 30.5 Å². The van der Waals surface area contributed by atoms with Crippen LogP contribution in [0.1, 0.15) is 34.8 Å². The summed E-state index contributed by atoms with van der Waals surface area (Å²) in [6, 6.07) is 1.93. The van der Waals surface area contributed by atoms with Crippen molar-refractivity contribution in [1.29, 1.82) is 0 Å². The largest absolute Gasteiger partial charge is 0.369 e. The molecular formula is C15H21N7O2. The number of nitrogens with one attached hydrogen (secondary N) is 1. The fourth-order valence-corrected chi connectivity index (χ4v) is 2.97. The summed E-state index contributed by atoms with van der Waals surface area (Å²) >= 11 is 0. The summed E-state index contributed by atoms with van der Waals surface area (Å²) in [5.41, 5.74) is 6.91. The van der Waals surface area contributed by atoms with Crippen molar-refractivity contribution in [2.24, 2.45) is 5.73 Å². The zero-order valence-corrected chi connectivity index (χ0v) is 13.8. The van der Waals surface area contributed by atoms with Gasteiger partial charge >= 0.3 is 0 Å². The van der Waals surface area contributed by atoms with Crippen molar-refractivity contribution < 1.29 is 9.59 Å². The van der Waals surface area contributed by atoms with Crippen molar-refractivity contribution in [1.82, 2.24) is 29.8 Å². The number of piperidine rings is 1. The average molecular weight is 331 g/mol. The summed E-state index contributed by atoms with van der Waals surface area (Å²) < 4.78 is 1.57. The van der Waals surface area contributed by atoms with E-state index in [4.69, 9.17) is 5.73 Å². The van der Waals surface area contributed by atoms with Gasteiger partial charge in [-0.05, 0) is 32.8 Å². The van der Waals surface area contributed by atoms with Gasteiger partial charge < -0.3 is 11.1 Å². The lowest BCUT2D eigenvalue weighted by atomic mass is 10.1. The molecular weight excluding hydrogens is 310 g/mol. The Morgan fingerprint density at radius 2 is 2.00 bits per heavy atom. The van der Waals surface area contributed by atoms with E-state index in [1.165, 1.54) is 0 Å². The van der Waals surface area contributed by atoms with E-state index >= 15 is 0 Å². The number of carbonyl (C=O) groups excluding carboxylic acids is 2. The molecule has 0 saturated carbocycles. The first-order chi connectivity index (χ1) is 11.4. The van der Waals surface area contributed by atoms with Crippen molar-refractivity contribution >= 4 is 17.6 Å². The van der Waals surface area contributed by atoms with E-state index in [1.54, 1.807) is 4.52 Å². The minimum Gasteiger partial charge on any atom is -0.369 e. The van der Waals surface area contributed by atoms with Gasteiger partial charge in [0.1, 0.15) is 0 Å². The molecule has 1 fully saturated rings.